The molecule has 1 aromatic heterocycles. The van der Waals surface area contributed by atoms with Gasteiger partial charge in [0.15, 0.2) is 0 Å². The largest absolute Gasteiger partial charge is 0.370 e. The molecule has 0 bridgehead atoms. The third kappa shape index (κ3) is 3.22. The normalized spacial score (nSPS) is 10.3. The van der Waals surface area contributed by atoms with Crippen molar-refractivity contribution in [2.45, 2.75) is 27.7 Å². The minimum Gasteiger partial charge on any atom is -0.370 e. The van der Waals surface area contributed by atoms with E-state index in [2.05, 4.69) is 53.5 Å². The van der Waals surface area contributed by atoms with E-state index in [1.807, 2.05) is 19.1 Å². The highest BCUT2D eigenvalue weighted by Gasteiger charge is 2.04. The van der Waals surface area contributed by atoms with Crippen molar-refractivity contribution < 1.29 is 0 Å². The highest BCUT2D eigenvalue weighted by Crippen LogP contribution is 2.22. The summed E-state index contributed by atoms with van der Waals surface area (Å²) in [7, 11) is 0. The van der Waals surface area contributed by atoms with Gasteiger partial charge in [-0.15, -0.1) is 0 Å². The summed E-state index contributed by atoms with van der Waals surface area (Å²) in [6, 6.07) is 8.14. The van der Waals surface area contributed by atoms with Crippen LogP contribution in [-0.4, -0.2) is 16.5 Å². The lowest BCUT2D eigenvalue weighted by atomic mass is 10.1. The highest BCUT2D eigenvalue weighted by atomic mass is 15.1. The summed E-state index contributed by atoms with van der Waals surface area (Å²) < 4.78 is 0. The molecule has 2 aromatic rings. The van der Waals surface area contributed by atoms with Crippen LogP contribution in [0.4, 0.5) is 17.3 Å². The third-order valence-electron chi connectivity index (χ3n) is 3.06. The van der Waals surface area contributed by atoms with E-state index >= 15 is 0 Å². The number of benzene rings is 1. The zero-order valence-corrected chi connectivity index (χ0v) is 11.9. The van der Waals surface area contributed by atoms with E-state index in [-0.39, 0.29) is 0 Å². The Kier molecular flexibility index (Phi) is 4.00. The summed E-state index contributed by atoms with van der Waals surface area (Å²) in [6.07, 6.45) is 0. The van der Waals surface area contributed by atoms with Gasteiger partial charge in [0.2, 0.25) is 0 Å². The van der Waals surface area contributed by atoms with Crippen LogP contribution in [0.1, 0.15) is 23.9 Å². The van der Waals surface area contributed by atoms with E-state index in [9.17, 15) is 0 Å². The number of hydrogen-bond donors (Lipinski definition) is 2. The maximum absolute atomic E-state index is 4.42. The number of nitrogens with one attached hydrogen (secondary N) is 2. The van der Waals surface area contributed by atoms with E-state index in [1.165, 1.54) is 11.1 Å². The number of anilines is 3. The van der Waals surface area contributed by atoms with Crippen LogP contribution in [0.15, 0.2) is 24.3 Å². The molecule has 0 radical (unpaired) electrons. The van der Waals surface area contributed by atoms with Gasteiger partial charge in [0.05, 0.1) is 0 Å². The lowest BCUT2D eigenvalue weighted by Crippen LogP contribution is -2.04. The van der Waals surface area contributed by atoms with Gasteiger partial charge in [-0.2, -0.15) is 0 Å². The van der Waals surface area contributed by atoms with E-state index in [0.717, 1.165) is 29.7 Å². The van der Waals surface area contributed by atoms with E-state index in [1.54, 1.807) is 0 Å². The first kappa shape index (κ1) is 13.3. The number of aromatic nitrogens is 2. The van der Waals surface area contributed by atoms with Crippen molar-refractivity contribution in [1.29, 1.82) is 0 Å². The predicted molar refractivity (Wildman–Crippen MR) is 80.1 cm³/mol. The maximum atomic E-state index is 4.42. The molecule has 0 amide bonds. The van der Waals surface area contributed by atoms with Gasteiger partial charge in [0.1, 0.15) is 17.5 Å². The molecule has 1 heterocycles. The average Bonchev–Trinajstić information content (AvgIpc) is 2.35. The lowest BCUT2D eigenvalue weighted by molar-refractivity contribution is 1.04. The standard InChI is InChI=1S/C15H20N4/c1-5-16-14-9-15(18-12(4)17-14)19-13-8-6-7-10(2)11(13)3/h6-9H,5H2,1-4H3,(H2,16,17,18,19). The fourth-order valence-electron chi connectivity index (χ4n) is 1.93. The Bertz CT molecular complexity index is 578. The van der Waals surface area contributed by atoms with Crippen molar-refractivity contribution in [2.24, 2.45) is 0 Å². The zero-order valence-electron chi connectivity index (χ0n) is 11.9. The lowest BCUT2D eigenvalue weighted by Gasteiger charge is -2.12. The van der Waals surface area contributed by atoms with E-state index < -0.39 is 0 Å². The third-order valence-corrected chi connectivity index (χ3v) is 3.06. The molecule has 0 aliphatic carbocycles. The van der Waals surface area contributed by atoms with Gasteiger partial charge in [-0.25, -0.2) is 9.97 Å². The van der Waals surface area contributed by atoms with Gasteiger partial charge in [-0.1, -0.05) is 12.1 Å². The quantitative estimate of drug-likeness (QED) is 0.878. The first-order valence-electron chi connectivity index (χ1n) is 6.53. The maximum Gasteiger partial charge on any atom is 0.136 e. The summed E-state index contributed by atoms with van der Waals surface area (Å²) in [5.74, 6) is 2.42. The molecule has 2 rings (SSSR count). The minimum atomic E-state index is 0.756. The van der Waals surface area contributed by atoms with Crippen molar-refractivity contribution >= 4 is 17.3 Å². The smallest absolute Gasteiger partial charge is 0.136 e. The Hall–Kier alpha value is -2.10. The van der Waals surface area contributed by atoms with Crippen LogP contribution in [0.5, 0.6) is 0 Å². The van der Waals surface area contributed by atoms with Crippen molar-refractivity contribution in [2.75, 3.05) is 17.2 Å². The van der Waals surface area contributed by atoms with Crippen LogP contribution in [-0.2, 0) is 0 Å². The summed E-state index contributed by atoms with van der Waals surface area (Å²) in [4.78, 5) is 8.76. The van der Waals surface area contributed by atoms with Crippen LogP contribution in [0.2, 0.25) is 0 Å². The van der Waals surface area contributed by atoms with Crippen LogP contribution >= 0.6 is 0 Å². The molecule has 19 heavy (non-hydrogen) atoms. The number of rotatable bonds is 4. The summed E-state index contributed by atoms with van der Waals surface area (Å²) in [6.45, 7) is 9.01. The Morgan fingerprint density at radius 3 is 2.53 bits per heavy atom. The zero-order chi connectivity index (χ0) is 13.8. The average molecular weight is 256 g/mol. The van der Waals surface area contributed by atoms with Crippen molar-refractivity contribution in [3.63, 3.8) is 0 Å². The topological polar surface area (TPSA) is 49.8 Å². The monoisotopic (exact) mass is 256 g/mol. The first-order chi connectivity index (χ1) is 9.10. The molecule has 2 N–H and O–H groups in total. The molecule has 4 heteroatoms. The Morgan fingerprint density at radius 2 is 1.79 bits per heavy atom. The van der Waals surface area contributed by atoms with Gasteiger partial charge < -0.3 is 10.6 Å². The van der Waals surface area contributed by atoms with Crippen molar-refractivity contribution in [3.05, 3.63) is 41.2 Å². The molecule has 0 aliphatic heterocycles. The SMILES string of the molecule is CCNc1cc(Nc2cccc(C)c2C)nc(C)n1. The molecule has 1 aromatic carbocycles. The molecule has 0 saturated carbocycles. The second-order valence-electron chi connectivity index (χ2n) is 4.59. The number of nitrogens with zero attached hydrogens (tertiary/aromatic N) is 2. The first-order valence-corrected chi connectivity index (χ1v) is 6.53. The van der Waals surface area contributed by atoms with Gasteiger partial charge in [0, 0.05) is 18.3 Å². The van der Waals surface area contributed by atoms with Gasteiger partial charge in [-0.05, 0) is 44.9 Å². The van der Waals surface area contributed by atoms with E-state index in [4.69, 9.17) is 0 Å². The fourth-order valence-corrected chi connectivity index (χ4v) is 1.93. The van der Waals surface area contributed by atoms with Crippen LogP contribution in [0, 0.1) is 20.8 Å². The predicted octanol–water partition coefficient (Wildman–Crippen LogP) is 3.58. The second kappa shape index (κ2) is 5.69. The highest BCUT2D eigenvalue weighted by molar-refractivity contribution is 5.63. The fraction of sp³-hybridized carbons (Fsp3) is 0.333. The van der Waals surface area contributed by atoms with Crippen LogP contribution in [0.3, 0.4) is 0 Å². The number of hydrogen-bond acceptors (Lipinski definition) is 4. The second-order valence-corrected chi connectivity index (χ2v) is 4.59. The van der Waals surface area contributed by atoms with Crippen molar-refractivity contribution in [3.8, 4) is 0 Å². The van der Waals surface area contributed by atoms with E-state index in [0.29, 0.717) is 0 Å². The molecule has 0 unspecified atom stereocenters. The molecule has 100 valence electrons. The Morgan fingerprint density at radius 1 is 1.05 bits per heavy atom. The minimum absolute atomic E-state index is 0.756. The van der Waals surface area contributed by atoms with Gasteiger partial charge in [-0.3, -0.25) is 0 Å². The van der Waals surface area contributed by atoms with Crippen LogP contribution < -0.4 is 10.6 Å². The molecule has 0 fully saturated rings. The Labute approximate surface area is 114 Å². The van der Waals surface area contributed by atoms with Gasteiger partial charge in [0.25, 0.3) is 0 Å². The summed E-state index contributed by atoms with van der Waals surface area (Å²) >= 11 is 0. The Balaban J connectivity index is 2.30. The number of aryl methyl sites for hydroxylation is 2. The molecule has 0 atom stereocenters. The molecule has 4 nitrogen and oxygen atoms in total. The molecule has 0 saturated heterocycles. The summed E-state index contributed by atoms with van der Waals surface area (Å²) in [5, 5.41) is 6.57. The van der Waals surface area contributed by atoms with Gasteiger partial charge >= 0.3 is 0 Å². The van der Waals surface area contributed by atoms with Crippen molar-refractivity contribution in [1.82, 2.24) is 9.97 Å². The molecular weight excluding hydrogens is 236 g/mol. The molecule has 0 aliphatic rings. The molecular formula is C15H20N4. The molecule has 0 spiro atoms. The van der Waals surface area contributed by atoms with Crippen LogP contribution in [0.25, 0.3) is 0 Å². The summed E-state index contributed by atoms with van der Waals surface area (Å²) in [5.41, 5.74) is 3.59.